The number of aromatic nitrogens is 4. The Labute approximate surface area is 204 Å². The van der Waals surface area contributed by atoms with E-state index in [-0.39, 0.29) is 12.6 Å². The number of anilines is 3. The number of fused-ring (bicyclic) bond motifs is 1. The molecule has 10 nitrogen and oxygen atoms in total. The van der Waals surface area contributed by atoms with Gasteiger partial charge in [-0.05, 0) is 31.6 Å². The van der Waals surface area contributed by atoms with Crippen LogP contribution in [0.1, 0.15) is 31.0 Å². The van der Waals surface area contributed by atoms with E-state index >= 15 is 0 Å². The van der Waals surface area contributed by atoms with Crippen molar-refractivity contribution >= 4 is 17.6 Å². The largest absolute Gasteiger partial charge is 0.493 e. The second-order valence-electron chi connectivity index (χ2n) is 9.15. The van der Waals surface area contributed by atoms with Crippen molar-refractivity contribution in [2.24, 2.45) is 5.92 Å². The molecule has 10 heteroatoms. The summed E-state index contributed by atoms with van der Waals surface area (Å²) in [7, 11) is 4.76. The highest BCUT2D eigenvalue weighted by Gasteiger charge is 2.33. The Morgan fingerprint density at radius 2 is 1.86 bits per heavy atom. The molecule has 1 fully saturated rings. The molecule has 0 radical (unpaired) electrons. The summed E-state index contributed by atoms with van der Waals surface area (Å²) >= 11 is 0. The number of aliphatic hydroxyl groups excluding tert-OH is 1. The van der Waals surface area contributed by atoms with Gasteiger partial charge in [-0.15, -0.1) is 0 Å². The summed E-state index contributed by atoms with van der Waals surface area (Å²) in [4.78, 5) is 16.5. The van der Waals surface area contributed by atoms with Crippen LogP contribution in [0.2, 0.25) is 0 Å². The molecule has 1 aliphatic carbocycles. The molecule has 1 saturated heterocycles. The zero-order valence-corrected chi connectivity index (χ0v) is 20.6. The van der Waals surface area contributed by atoms with Gasteiger partial charge in [0.1, 0.15) is 12.1 Å². The molecule has 2 atom stereocenters. The minimum Gasteiger partial charge on any atom is -0.493 e. The summed E-state index contributed by atoms with van der Waals surface area (Å²) in [5.74, 6) is 4.27. The second kappa shape index (κ2) is 9.61. The molecule has 0 saturated carbocycles. The van der Waals surface area contributed by atoms with Gasteiger partial charge >= 0.3 is 0 Å². The lowest BCUT2D eigenvalue weighted by Gasteiger charge is -2.26. The van der Waals surface area contributed by atoms with Crippen molar-refractivity contribution in [3.8, 4) is 22.9 Å². The smallest absolute Gasteiger partial charge is 0.230 e. The van der Waals surface area contributed by atoms with Crippen molar-refractivity contribution in [2.45, 2.75) is 38.6 Å². The Morgan fingerprint density at radius 1 is 1.09 bits per heavy atom. The van der Waals surface area contributed by atoms with Crippen LogP contribution >= 0.6 is 0 Å². The summed E-state index contributed by atoms with van der Waals surface area (Å²) in [5, 5.41) is 13.2. The molecule has 0 amide bonds. The predicted molar refractivity (Wildman–Crippen MR) is 133 cm³/mol. The molecule has 0 spiro atoms. The van der Waals surface area contributed by atoms with Crippen molar-refractivity contribution < 1.29 is 19.3 Å². The summed E-state index contributed by atoms with van der Waals surface area (Å²) in [6.45, 7) is 3.24. The highest BCUT2D eigenvalue weighted by molar-refractivity contribution is 5.61. The third-order valence-electron chi connectivity index (χ3n) is 6.79. The molecular formula is C25H32N6O4. The molecule has 2 N–H and O–H groups in total. The van der Waals surface area contributed by atoms with Gasteiger partial charge in [-0.25, -0.2) is 9.97 Å². The Balaban J connectivity index is 1.44. The van der Waals surface area contributed by atoms with E-state index < -0.39 is 0 Å². The van der Waals surface area contributed by atoms with E-state index in [9.17, 15) is 5.11 Å². The van der Waals surface area contributed by atoms with Gasteiger partial charge in [-0.3, -0.25) is 0 Å². The van der Waals surface area contributed by atoms with Crippen LogP contribution in [0.25, 0.3) is 5.69 Å². The first kappa shape index (κ1) is 23.2. The maximum absolute atomic E-state index is 9.95. The number of rotatable bonds is 8. The minimum absolute atomic E-state index is 0.0942. The average molecular weight is 481 g/mol. The fourth-order valence-electron chi connectivity index (χ4n) is 5.15. The van der Waals surface area contributed by atoms with Crippen molar-refractivity contribution in [3.05, 3.63) is 35.9 Å². The van der Waals surface area contributed by atoms with E-state index in [1.807, 2.05) is 22.9 Å². The molecule has 2 aliphatic rings. The van der Waals surface area contributed by atoms with Crippen molar-refractivity contribution in [1.82, 2.24) is 19.5 Å². The summed E-state index contributed by atoms with van der Waals surface area (Å²) < 4.78 is 18.2. The molecule has 2 aromatic heterocycles. The summed E-state index contributed by atoms with van der Waals surface area (Å²) in [6.07, 6.45) is 7.53. The van der Waals surface area contributed by atoms with Gasteiger partial charge in [0, 0.05) is 24.2 Å². The SMILES string of the molecule is COc1cc(-n2cnc(Nc3nc4c(c(N5C[C@H](C)C[C@H]5CO)n3)CCC4)c2)cc(OC)c1OC. The minimum atomic E-state index is 0.0942. The fraction of sp³-hybridized carbons (Fsp3) is 0.480. The number of methoxy groups -OCH3 is 3. The molecule has 186 valence electrons. The molecule has 3 aromatic rings. The van der Waals surface area contributed by atoms with Crippen LogP contribution < -0.4 is 24.4 Å². The number of benzene rings is 1. The summed E-state index contributed by atoms with van der Waals surface area (Å²) in [5.41, 5.74) is 3.11. The van der Waals surface area contributed by atoms with Crippen LogP contribution in [0.5, 0.6) is 17.2 Å². The van der Waals surface area contributed by atoms with E-state index in [4.69, 9.17) is 24.2 Å². The quantitative estimate of drug-likeness (QED) is 0.503. The number of nitrogens with one attached hydrogen (secondary N) is 1. The number of ether oxygens (including phenoxy) is 3. The Kier molecular flexibility index (Phi) is 6.38. The molecule has 1 aliphatic heterocycles. The van der Waals surface area contributed by atoms with Crippen LogP contribution in [0.15, 0.2) is 24.7 Å². The van der Waals surface area contributed by atoms with Crippen molar-refractivity contribution in [3.63, 3.8) is 0 Å². The maximum Gasteiger partial charge on any atom is 0.230 e. The topological polar surface area (TPSA) is 107 Å². The third kappa shape index (κ3) is 4.34. The average Bonchev–Trinajstić information content (AvgIpc) is 3.62. The Bertz CT molecular complexity index is 1190. The zero-order chi connectivity index (χ0) is 24.5. The monoisotopic (exact) mass is 480 g/mol. The molecule has 1 aromatic carbocycles. The molecule has 3 heterocycles. The van der Waals surface area contributed by atoms with E-state index in [1.54, 1.807) is 27.7 Å². The van der Waals surface area contributed by atoms with Gasteiger partial charge in [-0.2, -0.15) is 4.98 Å². The van der Waals surface area contributed by atoms with Gasteiger partial charge in [0.25, 0.3) is 0 Å². The van der Waals surface area contributed by atoms with Crippen LogP contribution in [-0.4, -0.2) is 65.1 Å². The number of aliphatic hydroxyl groups is 1. The Hall–Kier alpha value is -3.53. The molecule has 0 bridgehead atoms. The van der Waals surface area contributed by atoms with Crippen LogP contribution in [0.3, 0.4) is 0 Å². The number of imidazole rings is 1. The lowest BCUT2D eigenvalue weighted by atomic mass is 10.1. The molecule has 35 heavy (non-hydrogen) atoms. The first-order valence-corrected chi connectivity index (χ1v) is 11.9. The van der Waals surface area contributed by atoms with Gasteiger partial charge < -0.3 is 34.1 Å². The van der Waals surface area contributed by atoms with Gasteiger partial charge in [0.2, 0.25) is 11.7 Å². The second-order valence-corrected chi connectivity index (χ2v) is 9.15. The molecule has 5 rings (SSSR count). The van der Waals surface area contributed by atoms with E-state index in [1.165, 1.54) is 5.56 Å². The lowest BCUT2D eigenvalue weighted by molar-refractivity contribution is 0.263. The summed E-state index contributed by atoms with van der Waals surface area (Å²) in [6, 6.07) is 3.82. The lowest BCUT2D eigenvalue weighted by Crippen LogP contribution is -2.34. The zero-order valence-electron chi connectivity index (χ0n) is 20.6. The first-order chi connectivity index (χ1) is 17.0. The van der Waals surface area contributed by atoms with Crippen molar-refractivity contribution in [2.75, 3.05) is 44.7 Å². The van der Waals surface area contributed by atoms with Crippen molar-refractivity contribution in [1.29, 1.82) is 0 Å². The number of aryl methyl sites for hydroxylation is 1. The van der Waals surface area contributed by atoms with Crippen LogP contribution in [-0.2, 0) is 12.8 Å². The third-order valence-corrected chi connectivity index (χ3v) is 6.79. The number of hydrogen-bond acceptors (Lipinski definition) is 9. The van der Waals surface area contributed by atoms with Gasteiger partial charge in [-0.1, -0.05) is 6.92 Å². The maximum atomic E-state index is 9.95. The number of nitrogens with zero attached hydrogens (tertiary/aromatic N) is 5. The highest BCUT2D eigenvalue weighted by Crippen LogP contribution is 2.40. The predicted octanol–water partition coefficient (Wildman–Crippen LogP) is 3.13. The van der Waals surface area contributed by atoms with Gasteiger partial charge in [0.15, 0.2) is 17.3 Å². The fourth-order valence-corrected chi connectivity index (χ4v) is 5.15. The van der Waals surface area contributed by atoms with E-state index in [2.05, 4.69) is 22.1 Å². The first-order valence-electron chi connectivity index (χ1n) is 11.9. The van der Waals surface area contributed by atoms with E-state index in [0.717, 1.165) is 49.4 Å². The standard InChI is InChI=1S/C25H32N6O4/c1-15-8-17(13-32)31(11-15)24-18-6-5-7-19(18)27-25(29-24)28-22-12-30(14-26-22)16-9-20(33-2)23(35-4)21(10-16)34-3/h9-10,12,14-15,17,32H,5-8,11,13H2,1-4H3,(H,27,28,29)/t15-,17+/m1/s1. The van der Waals surface area contributed by atoms with Gasteiger partial charge in [0.05, 0.1) is 51.6 Å². The molecule has 0 unspecified atom stereocenters. The normalized spacial score (nSPS) is 19.1. The Morgan fingerprint density at radius 3 is 2.54 bits per heavy atom. The van der Waals surface area contributed by atoms with Crippen LogP contribution in [0.4, 0.5) is 17.6 Å². The molecular weight excluding hydrogens is 448 g/mol. The highest BCUT2D eigenvalue weighted by atomic mass is 16.5. The van der Waals surface area contributed by atoms with Crippen LogP contribution in [0, 0.1) is 5.92 Å². The number of hydrogen-bond donors (Lipinski definition) is 2. The van der Waals surface area contributed by atoms with E-state index in [0.29, 0.717) is 34.9 Å².